The lowest BCUT2D eigenvalue weighted by molar-refractivity contribution is -0.130. The molecule has 0 heterocycles. The van der Waals surface area contributed by atoms with E-state index in [2.05, 4.69) is 36.6 Å². The Morgan fingerprint density at radius 3 is 2.35 bits per heavy atom. The first kappa shape index (κ1) is 30.4. The van der Waals surface area contributed by atoms with E-state index in [1.165, 1.54) is 17.7 Å². The number of rotatable bonds is 16. The Hall–Kier alpha value is -2.84. The molecule has 204 valence electrons. The van der Waals surface area contributed by atoms with E-state index >= 15 is 0 Å². The molecule has 0 fully saturated rings. The molecule has 8 heteroatoms. The number of amides is 2. The lowest BCUT2D eigenvalue weighted by atomic mass is 10.00. The summed E-state index contributed by atoms with van der Waals surface area (Å²) in [6.07, 6.45) is 2.68. The minimum Gasteiger partial charge on any atom is -0.390 e. The Bertz CT molecular complexity index is 982. The smallest absolute Gasteiger partial charge is 0.222 e. The highest BCUT2D eigenvalue weighted by atomic mass is 19.1. The van der Waals surface area contributed by atoms with Crippen LogP contribution >= 0.6 is 0 Å². The van der Waals surface area contributed by atoms with Crippen molar-refractivity contribution in [2.75, 3.05) is 20.1 Å². The molecule has 0 aliphatic carbocycles. The molecule has 0 unspecified atom stereocenters. The maximum absolute atomic E-state index is 13.7. The van der Waals surface area contributed by atoms with Gasteiger partial charge < -0.3 is 20.6 Å². The molecule has 6 nitrogen and oxygen atoms in total. The van der Waals surface area contributed by atoms with Gasteiger partial charge in [0, 0.05) is 45.6 Å². The molecule has 2 aromatic carbocycles. The largest absolute Gasteiger partial charge is 0.390 e. The van der Waals surface area contributed by atoms with Crippen molar-refractivity contribution in [3.05, 3.63) is 70.8 Å². The molecule has 0 saturated heterocycles. The van der Waals surface area contributed by atoms with E-state index in [-0.39, 0.29) is 37.6 Å². The monoisotopic (exact) mass is 517 g/mol. The highest BCUT2D eigenvalue weighted by Gasteiger charge is 2.22. The number of aryl methyl sites for hydroxylation is 1. The van der Waals surface area contributed by atoms with Crippen molar-refractivity contribution < 1.29 is 23.5 Å². The number of halogens is 2. The van der Waals surface area contributed by atoms with E-state index in [4.69, 9.17) is 0 Å². The zero-order valence-electron chi connectivity index (χ0n) is 22.2. The predicted octanol–water partition coefficient (Wildman–Crippen LogP) is 4.13. The fourth-order valence-electron chi connectivity index (χ4n) is 4.12. The molecule has 2 rings (SSSR count). The summed E-state index contributed by atoms with van der Waals surface area (Å²) >= 11 is 0. The van der Waals surface area contributed by atoms with Crippen molar-refractivity contribution in [2.45, 2.75) is 77.5 Å². The van der Waals surface area contributed by atoms with Gasteiger partial charge in [0.05, 0.1) is 12.1 Å². The van der Waals surface area contributed by atoms with Crippen molar-refractivity contribution in [1.29, 1.82) is 0 Å². The molecule has 0 spiro atoms. The second kappa shape index (κ2) is 16.1. The molecular weight excluding hydrogens is 476 g/mol. The molecule has 0 radical (unpaired) electrons. The van der Waals surface area contributed by atoms with Crippen molar-refractivity contribution in [2.24, 2.45) is 0 Å². The standard InChI is InChI=1S/C29H41F2N3O3/c1-4-6-13-34(3)29(37)12-8-11-28(36)33-26(17-23-15-24(30)18-25(31)16-23)27(35)20-32-19-22-10-7-9-21(5-2)14-22/h7,9-10,14-16,18,26-27,32,35H,4-6,8,11-13,17,19-20H2,1-3H3,(H,33,36)/t26-,27+/m0/s1. The van der Waals surface area contributed by atoms with Crippen LogP contribution in [0.25, 0.3) is 0 Å². The molecular formula is C29H41F2N3O3. The first-order valence-corrected chi connectivity index (χ1v) is 13.2. The van der Waals surface area contributed by atoms with Crippen LogP contribution in [0.15, 0.2) is 42.5 Å². The van der Waals surface area contributed by atoms with Crippen LogP contribution in [-0.2, 0) is 29.0 Å². The number of hydrogen-bond acceptors (Lipinski definition) is 4. The third-order valence-electron chi connectivity index (χ3n) is 6.34. The first-order valence-electron chi connectivity index (χ1n) is 13.2. The SMILES string of the molecule is CCCCN(C)C(=O)CCCC(=O)N[C@@H](Cc1cc(F)cc(F)c1)[C@H](O)CNCc1cccc(CC)c1. The normalized spacial score (nSPS) is 12.7. The first-order chi connectivity index (χ1) is 17.7. The molecule has 2 aromatic rings. The van der Waals surface area contributed by atoms with E-state index < -0.39 is 23.8 Å². The molecule has 3 N–H and O–H groups in total. The van der Waals surface area contributed by atoms with E-state index in [1.54, 1.807) is 11.9 Å². The van der Waals surface area contributed by atoms with Crippen LogP contribution in [0.2, 0.25) is 0 Å². The van der Waals surface area contributed by atoms with Crippen LogP contribution in [0.4, 0.5) is 8.78 Å². The average Bonchev–Trinajstić information content (AvgIpc) is 2.86. The number of carbonyl (C=O) groups excluding carboxylic acids is 2. The van der Waals surface area contributed by atoms with Gasteiger partial charge in [0.2, 0.25) is 11.8 Å². The maximum Gasteiger partial charge on any atom is 0.222 e. The third kappa shape index (κ3) is 11.4. The average molecular weight is 518 g/mol. The molecule has 2 amide bonds. The Balaban J connectivity index is 1.95. The van der Waals surface area contributed by atoms with E-state index in [0.29, 0.717) is 25.1 Å². The number of nitrogens with one attached hydrogen (secondary N) is 2. The Morgan fingerprint density at radius 1 is 0.973 bits per heavy atom. The molecule has 2 atom stereocenters. The summed E-state index contributed by atoms with van der Waals surface area (Å²) in [7, 11) is 1.76. The van der Waals surface area contributed by atoms with Crippen LogP contribution in [0.5, 0.6) is 0 Å². The Kier molecular flexibility index (Phi) is 13.2. The lowest BCUT2D eigenvalue weighted by Crippen LogP contribution is -2.48. The van der Waals surface area contributed by atoms with Gasteiger partial charge in [-0.15, -0.1) is 0 Å². The summed E-state index contributed by atoms with van der Waals surface area (Å²) in [4.78, 5) is 26.5. The number of nitrogens with zero attached hydrogens (tertiary/aromatic N) is 1. The van der Waals surface area contributed by atoms with E-state index in [0.717, 1.165) is 30.9 Å². The van der Waals surface area contributed by atoms with Gasteiger partial charge >= 0.3 is 0 Å². The number of benzene rings is 2. The van der Waals surface area contributed by atoms with Gasteiger partial charge in [-0.05, 0) is 54.5 Å². The van der Waals surface area contributed by atoms with Crippen LogP contribution in [0.1, 0.15) is 62.6 Å². The van der Waals surface area contributed by atoms with Crippen LogP contribution in [0.3, 0.4) is 0 Å². The van der Waals surface area contributed by atoms with Crippen molar-refractivity contribution in [1.82, 2.24) is 15.5 Å². The summed E-state index contributed by atoms with van der Waals surface area (Å²) in [5, 5.41) is 16.9. The molecule has 0 bridgehead atoms. The van der Waals surface area contributed by atoms with Gasteiger partial charge in [-0.25, -0.2) is 8.78 Å². The minimum atomic E-state index is -0.994. The van der Waals surface area contributed by atoms with E-state index in [1.807, 2.05) is 12.1 Å². The Labute approximate surface area is 219 Å². The van der Waals surface area contributed by atoms with Crippen molar-refractivity contribution in [3.63, 3.8) is 0 Å². The Morgan fingerprint density at radius 2 is 1.68 bits per heavy atom. The molecule has 0 saturated carbocycles. The van der Waals surface area contributed by atoms with Crippen molar-refractivity contribution >= 4 is 11.8 Å². The number of aliphatic hydroxyl groups excluding tert-OH is 1. The van der Waals surface area contributed by atoms with Gasteiger partial charge in [-0.2, -0.15) is 0 Å². The molecule has 0 aliphatic rings. The van der Waals surface area contributed by atoms with Crippen LogP contribution in [-0.4, -0.2) is 54.1 Å². The molecule has 37 heavy (non-hydrogen) atoms. The zero-order chi connectivity index (χ0) is 27.2. The fraction of sp³-hybridized carbons (Fsp3) is 0.517. The minimum absolute atomic E-state index is 0.00980. The quantitative estimate of drug-likeness (QED) is 0.313. The highest BCUT2D eigenvalue weighted by molar-refractivity contribution is 5.79. The lowest BCUT2D eigenvalue weighted by Gasteiger charge is -2.25. The highest BCUT2D eigenvalue weighted by Crippen LogP contribution is 2.13. The fourth-order valence-corrected chi connectivity index (χ4v) is 4.12. The molecule has 0 aliphatic heterocycles. The summed E-state index contributed by atoms with van der Waals surface area (Å²) in [5.74, 6) is -1.76. The summed E-state index contributed by atoms with van der Waals surface area (Å²) < 4.78 is 27.5. The maximum atomic E-state index is 13.7. The van der Waals surface area contributed by atoms with Gasteiger partial charge in [0.15, 0.2) is 0 Å². The topological polar surface area (TPSA) is 81.7 Å². The molecule has 0 aromatic heterocycles. The number of carbonyl (C=O) groups is 2. The number of hydrogen-bond donors (Lipinski definition) is 3. The summed E-state index contributed by atoms with van der Waals surface area (Å²) in [5.41, 5.74) is 2.63. The van der Waals surface area contributed by atoms with Crippen molar-refractivity contribution in [3.8, 4) is 0 Å². The number of unbranched alkanes of at least 4 members (excludes halogenated alkanes) is 1. The van der Waals surface area contributed by atoms with Crippen LogP contribution in [0, 0.1) is 11.6 Å². The summed E-state index contributed by atoms with van der Waals surface area (Å²) in [6.45, 7) is 5.55. The van der Waals surface area contributed by atoms with E-state index in [9.17, 15) is 23.5 Å². The number of aliphatic hydroxyl groups is 1. The predicted molar refractivity (Wildman–Crippen MR) is 142 cm³/mol. The van der Waals surface area contributed by atoms with Gasteiger partial charge in [0.1, 0.15) is 11.6 Å². The third-order valence-corrected chi connectivity index (χ3v) is 6.34. The van der Waals surface area contributed by atoms with Gasteiger partial charge in [-0.3, -0.25) is 9.59 Å². The zero-order valence-corrected chi connectivity index (χ0v) is 22.2. The van der Waals surface area contributed by atoms with Crippen LogP contribution < -0.4 is 10.6 Å². The van der Waals surface area contributed by atoms with Gasteiger partial charge in [0.25, 0.3) is 0 Å². The second-order valence-electron chi connectivity index (χ2n) is 9.55. The van der Waals surface area contributed by atoms with Gasteiger partial charge in [-0.1, -0.05) is 44.5 Å². The summed E-state index contributed by atoms with van der Waals surface area (Å²) in [6, 6.07) is 10.6. The second-order valence-corrected chi connectivity index (χ2v) is 9.55.